The maximum absolute atomic E-state index is 11.3. The van der Waals surface area contributed by atoms with Crippen molar-refractivity contribution in [2.24, 2.45) is 5.92 Å². The molecule has 1 unspecified atom stereocenters. The molecule has 0 rings (SSSR count). The zero-order valence-corrected chi connectivity index (χ0v) is 11.6. The molecule has 0 aliphatic rings. The van der Waals surface area contributed by atoms with Crippen molar-refractivity contribution >= 4 is 21.7 Å². The van der Waals surface area contributed by atoms with Gasteiger partial charge in [-0.25, -0.2) is 8.42 Å². The third kappa shape index (κ3) is 11.4. The molecule has 106 valence electrons. The second kappa shape index (κ2) is 8.07. The molecule has 6 nitrogen and oxygen atoms in total. The Labute approximate surface area is 108 Å². The number of carboxylic acid groups (broad SMARTS) is 1. The van der Waals surface area contributed by atoms with Crippen molar-refractivity contribution in [1.82, 2.24) is 5.32 Å². The van der Waals surface area contributed by atoms with Crippen LogP contribution in [-0.4, -0.2) is 44.0 Å². The first kappa shape index (κ1) is 16.9. The van der Waals surface area contributed by atoms with Crippen LogP contribution < -0.4 is 5.32 Å². The van der Waals surface area contributed by atoms with Gasteiger partial charge in [0.05, 0.1) is 5.75 Å². The lowest BCUT2D eigenvalue weighted by molar-refractivity contribution is -0.137. The predicted octanol–water partition coefficient (Wildman–Crippen LogP) is 0.428. The molecular formula is C11H21NO5S. The van der Waals surface area contributed by atoms with E-state index in [0.717, 1.165) is 6.26 Å². The van der Waals surface area contributed by atoms with E-state index in [1.165, 1.54) is 0 Å². The molecule has 0 aromatic carbocycles. The van der Waals surface area contributed by atoms with Crippen LogP contribution in [0.4, 0.5) is 0 Å². The third-order valence-electron chi connectivity index (χ3n) is 2.51. The zero-order chi connectivity index (χ0) is 14.2. The molecule has 0 radical (unpaired) electrons. The number of carboxylic acids is 1. The smallest absolute Gasteiger partial charge is 0.303 e. The highest BCUT2D eigenvalue weighted by Gasteiger charge is 2.09. The van der Waals surface area contributed by atoms with Crippen LogP contribution in [0.5, 0.6) is 0 Å². The normalized spacial score (nSPS) is 13.0. The van der Waals surface area contributed by atoms with E-state index in [2.05, 4.69) is 5.32 Å². The summed E-state index contributed by atoms with van der Waals surface area (Å²) in [6.07, 6.45) is 2.46. The number of carbonyl (C=O) groups excluding carboxylic acids is 1. The summed E-state index contributed by atoms with van der Waals surface area (Å²) in [6, 6.07) is 0. The zero-order valence-electron chi connectivity index (χ0n) is 10.8. The minimum Gasteiger partial charge on any atom is -0.481 e. The molecule has 18 heavy (non-hydrogen) atoms. The Morgan fingerprint density at radius 3 is 2.33 bits per heavy atom. The maximum Gasteiger partial charge on any atom is 0.303 e. The van der Waals surface area contributed by atoms with Crippen molar-refractivity contribution in [2.45, 2.75) is 32.6 Å². The molecule has 0 aromatic rings. The lowest BCUT2D eigenvalue weighted by atomic mass is 10.0. The summed E-state index contributed by atoms with van der Waals surface area (Å²) in [5.74, 6) is -1.03. The first-order valence-electron chi connectivity index (χ1n) is 5.87. The largest absolute Gasteiger partial charge is 0.481 e. The van der Waals surface area contributed by atoms with Gasteiger partial charge in [-0.2, -0.15) is 0 Å². The Morgan fingerprint density at radius 2 is 1.83 bits per heavy atom. The quantitative estimate of drug-likeness (QED) is 0.637. The number of amides is 1. The van der Waals surface area contributed by atoms with Gasteiger partial charge in [-0.1, -0.05) is 6.92 Å². The number of nitrogens with one attached hydrogen (secondary N) is 1. The Hall–Kier alpha value is -1.11. The molecule has 2 N–H and O–H groups in total. The van der Waals surface area contributed by atoms with Gasteiger partial charge in [0, 0.05) is 25.6 Å². The molecule has 0 bridgehead atoms. The number of sulfone groups is 1. The number of carbonyl (C=O) groups is 2. The lowest BCUT2D eigenvalue weighted by Crippen LogP contribution is -2.27. The summed E-state index contributed by atoms with van der Waals surface area (Å²) in [5, 5.41) is 11.1. The molecule has 0 saturated carbocycles. The standard InChI is InChI=1S/C11H21NO5S/c1-9(3-4-11(14)15)5-7-12-10(13)6-8-18(2,16)17/h9H,3-8H2,1-2H3,(H,12,13)(H,14,15). The fourth-order valence-corrected chi connectivity index (χ4v) is 1.89. The first-order chi connectivity index (χ1) is 8.20. The molecule has 0 aromatic heterocycles. The highest BCUT2D eigenvalue weighted by Crippen LogP contribution is 2.09. The van der Waals surface area contributed by atoms with E-state index in [1.54, 1.807) is 0 Å². The van der Waals surface area contributed by atoms with Gasteiger partial charge >= 0.3 is 5.97 Å². The fourth-order valence-electron chi connectivity index (χ4n) is 1.34. The van der Waals surface area contributed by atoms with Gasteiger partial charge in [-0.15, -0.1) is 0 Å². The van der Waals surface area contributed by atoms with E-state index in [-0.39, 0.29) is 30.4 Å². The average molecular weight is 279 g/mol. The van der Waals surface area contributed by atoms with Crippen LogP contribution >= 0.6 is 0 Å². The van der Waals surface area contributed by atoms with Crippen molar-refractivity contribution in [3.8, 4) is 0 Å². The average Bonchev–Trinajstić information content (AvgIpc) is 2.22. The third-order valence-corrected chi connectivity index (χ3v) is 3.46. The minimum atomic E-state index is -3.10. The van der Waals surface area contributed by atoms with E-state index < -0.39 is 15.8 Å². The highest BCUT2D eigenvalue weighted by atomic mass is 32.2. The second-order valence-electron chi connectivity index (χ2n) is 4.56. The van der Waals surface area contributed by atoms with Crippen LogP contribution in [0.1, 0.15) is 32.6 Å². The van der Waals surface area contributed by atoms with Gasteiger partial charge in [0.1, 0.15) is 9.84 Å². The molecule has 0 aliphatic carbocycles. The molecule has 1 atom stereocenters. The van der Waals surface area contributed by atoms with Crippen LogP contribution in [0.15, 0.2) is 0 Å². The summed E-state index contributed by atoms with van der Waals surface area (Å²) in [6.45, 7) is 2.37. The van der Waals surface area contributed by atoms with Crippen LogP contribution in [-0.2, 0) is 19.4 Å². The Balaban J connectivity index is 3.65. The minimum absolute atomic E-state index is 0.0255. The van der Waals surface area contributed by atoms with Gasteiger partial charge in [-0.3, -0.25) is 9.59 Å². The van der Waals surface area contributed by atoms with Crippen molar-refractivity contribution in [3.05, 3.63) is 0 Å². The summed E-state index contributed by atoms with van der Waals surface area (Å²) < 4.78 is 21.7. The first-order valence-corrected chi connectivity index (χ1v) is 7.93. The molecule has 1 amide bonds. The monoisotopic (exact) mass is 279 g/mol. The second-order valence-corrected chi connectivity index (χ2v) is 6.82. The molecule has 0 aliphatic heterocycles. The van der Waals surface area contributed by atoms with E-state index in [0.29, 0.717) is 19.4 Å². The van der Waals surface area contributed by atoms with E-state index in [4.69, 9.17) is 5.11 Å². The SMILES string of the molecule is CC(CCNC(=O)CCS(C)(=O)=O)CCC(=O)O. The van der Waals surface area contributed by atoms with Crippen LogP contribution in [0.2, 0.25) is 0 Å². The van der Waals surface area contributed by atoms with Crippen molar-refractivity contribution < 1.29 is 23.1 Å². The molecule has 0 spiro atoms. The topological polar surface area (TPSA) is 101 Å². The Bertz CT molecular complexity index is 377. The van der Waals surface area contributed by atoms with Crippen LogP contribution in [0.25, 0.3) is 0 Å². The predicted molar refractivity (Wildman–Crippen MR) is 68.0 cm³/mol. The van der Waals surface area contributed by atoms with Gasteiger partial charge in [0.2, 0.25) is 5.91 Å². The van der Waals surface area contributed by atoms with Gasteiger partial charge < -0.3 is 10.4 Å². The number of aliphatic carboxylic acids is 1. The van der Waals surface area contributed by atoms with Crippen LogP contribution in [0.3, 0.4) is 0 Å². The summed E-state index contributed by atoms with van der Waals surface area (Å²) in [7, 11) is -3.10. The van der Waals surface area contributed by atoms with Crippen LogP contribution in [0, 0.1) is 5.92 Å². The highest BCUT2D eigenvalue weighted by molar-refractivity contribution is 7.90. The molecule has 7 heteroatoms. The summed E-state index contributed by atoms with van der Waals surface area (Å²) in [4.78, 5) is 21.6. The van der Waals surface area contributed by atoms with Crippen molar-refractivity contribution in [1.29, 1.82) is 0 Å². The van der Waals surface area contributed by atoms with E-state index in [1.807, 2.05) is 6.92 Å². The molecule has 0 fully saturated rings. The Morgan fingerprint density at radius 1 is 1.22 bits per heavy atom. The van der Waals surface area contributed by atoms with Gasteiger partial charge in [-0.05, 0) is 18.8 Å². The van der Waals surface area contributed by atoms with Gasteiger partial charge in [0.15, 0.2) is 0 Å². The molecule has 0 saturated heterocycles. The number of hydrogen-bond acceptors (Lipinski definition) is 4. The summed E-state index contributed by atoms with van der Waals surface area (Å²) in [5.41, 5.74) is 0. The van der Waals surface area contributed by atoms with Crippen molar-refractivity contribution in [3.63, 3.8) is 0 Å². The van der Waals surface area contributed by atoms with E-state index in [9.17, 15) is 18.0 Å². The fraction of sp³-hybridized carbons (Fsp3) is 0.818. The number of hydrogen-bond donors (Lipinski definition) is 2. The number of rotatable bonds is 9. The van der Waals surface area contributed by atoms with Crippen molar-refractivity contribution in [2.75, 3.05) is 18.6 Å². The van der Waals surface area contributed by atoms with Gasteiger partial charge in [0.25, 0.3) is 0 Å². The Kier molecular flexibility index (Phi) is 7.58. The molecule has 0 heterocycles. The van der Waals surface area contributed by atoms with E-state index >= 15 is 0 Å². The lowest BCUT2D eigenvalue weighted by Gasteiger charge is -2.10. The summed E-state index contributed by atoms with van der Waals surface area (Å²) >= 11 is 0. The maximum atomic E-state index is 11.3. The molecular weight excluding hydrogens is 258 g/mol.